The minimum absolute atomic E-state index is 0.0185. The first kappa shape index (κ1) is 48.0. The van der Waals surface area contributed by atoms with Gasteiger partial charge in [-0.1, -0.05) is 74.0 Å². The molecule has 0 spiro atoms. The molecule has 0 amide bonds. The average Bonchev–Trinajstić information content (AvgIpc) is 3.81. The van der Waals surface area contributed by atoms with Crippen LogP contribution in [0.5, 0.6) is 6.01 Å². The molecule has 2 aromatic carbocycles. The second-order valence-corrected chi connectivity index (χ2v) is 16.8. The molecular formula is C46H61F4N5O2S. The molecule has 5 rings (SSSR count). The van der Waals surface area contributed by atoms with Crippen molar-refractivity contribution in [1.29, 1.82) is 5.26 Å². The number of nitriles is 1. The molecule has 7 nitrogen and oxygen atoms in total. The van der Waals surface area contributed by atoms with Crippen LogP contribution in [0.4, 0.5) is 23.4 Å². The second-order valence-electron chi connectivity index (χ2n) is 15.7. The van der Waals surface area contributed by atoms with Crippen LogP contribution in [0.25, 0.3) is 32.1 Å². The van der Waals surface area contributed by atoms with E-state index < -0.39 is 17.7 Å². The Hall–Kier alpha value is -4.34. The van der Waals surface area contributed by atoms with Crippen LogP contribution in [-0.4, -0.2) is 60.5 Å². The minimum Gasteiger partial charge on any atom is -0.464 e. The van der Waals surface area contributed by atoms with Crippen LogP contribution in [0, 0.1) is 34.8 Å². The molecule has 1 aliphatic rings. The summed E-state index contributed by atoms with van der Waals surface area (Å²) in [6.45, 7) is 23.0. The summed E-state index contributed by atoms with van der Waals surface area (Å²) in [6.07, 6.45) is 4.91. The Morgan fingerprint density at radius 3 is 2.28 bits per heavy atom. The van der Waals surface area contributed by atoms with Gasteiger partial charge in [0.1, 0.15) is 23.2 Å². The van der Waals surface area contributed by atoms with E-state index in [2.05, 4.69) is 57.2 Å². The molecule has 58 heavy (non-hydrogen) atoms. The highest BCUT2D eigenvalue weighted by molar-refractivity contribution is 7.19. The number of aryl methyl sites for hydroxylation is 1. The van der Waals surface area contributed by atoms with Gasteiger partial charge in [0.2, 0.25) is 0 Å². The highest BCUT2D eigenvalue weighted by Gasteiger charge is 2.29. The number of thiophene rings is 1. The molecule has 12 heteroatoms. The van der Waals surface area contributed by atoms with Crippen molar-refractivity contribution in [2.45, 2.75) is 113 Å². The number of carbonyl (C=O) groups is 1. The lowest BCUT2D eigenvalue weighted by Crippen LogP contribution is -2.37. The first-order chi connectivity index (χ1) is 27.4. The lowest BCUT2D eigenvalue weighted by atomic mass is 9.90. The standard InChI is InChI=1S/C36H46F2N4OS.C6H9F2N.C4H6O/c1-10-13-23-18-25-32(40-36(43-12-3)41-35(25)42(9)28(20(4)5)17-14-22(8)11-2)31(38)29(23)24-15-16-27(37)34-30(24)26(19-39)33(44-34)21(6)7;1-9-3-2-5(4-9)6(7)8;1-3-4(2)5/h15-16,18,20-22,28H,10-14,17H2,1-9H3;2-4H2,1H3;3H,1H2,2H3. The first-order valence-electron chi connectivity index (χ1n) is 20.3. The van der Waals surface area contributed by atoms with Crippen LogP contribution in [0.2, 0.25) is 0 Å². The fourth-order valence-corrected chi connectivity index (χ4v) is 8.32. The number of ether oxygens (including phenoxy) is 1. The van der Waals surface area contributed by atoms with Gasteiger partial charge in [0, 0.05) is 53.0 Å². The van der Waals surface area contributed by atoms with Crippen molar-refractivity contribution in [3.05, 3.63) is 70.1 Å². The van der Waals surface area contributed by atoms with E-state index in [1.807, 2.05) is 45.8 Å². The van der Waals surface area contributed by atoms with E-state index in [1.54, 1.807) is 6.07 Å². The number of carbonyl (C=O) groups excluding carboxylic acids is 1. The number of anilines is 1. The van der Waals surface area contributed by atoms with Crippen molar-refractivity contribution >= 4 is 43.9 Å². The van der Waals surface area contributed by atoms with Gasteiger partial charge in [0.25, 0.3) is 6.08 Å². The molecular weight excluding hydrogens is 763 g/mol. The van der Waals surface area contributed by atoms with Crippen LogP contribution in [-0.2, 0) is 11.2 Å². The predicted molar refractivity (Wildman–Crippen MR) is 232 cm³/mol. The molecule has 4 aromatic rings. The largest absolute Gasteiger partial charge is 0.464 e. The number of aromatic nitrogens is 2. The molecule has 316 valence electrons. The smallest absolute Gasteiger partial charge is 0.319 e. The Bertz CT molecular complexity index is 2120. The van der Waals surface area contributed by atoms with Crippen LogP contribution in [0.1, 0.15) is 116 Å². The highest BCUT2D eigenvalue weighted by Crippen LogP contribution is 2.45. The van der Waals surface area contributed by atoms with E-state index in [-0.39, 0.29) is 29.3 Å². The first-order valence-corrected chi connectivity index (χ1v) is 21.2. The van der Waals surface area contributed by atoms with Gasteiger partial charge < -0.3 is 14.5 Å². The minimum atomic E-state index is -1.49. The highest BCUT2D eigenvalue weighted by atomic mass is 32.1. The number of nitrogens with zero attached hydrogens (tertiary/aromatic N) is 5. The van der Waals surface area contributed by atoms with E-state index in [0.717, 1.165) is 42.7 Å². The van der Waals surface area contributed by atoms with Crippen molar-refractivity contribution in [2.75, 3.05) is 38.7 Å². The van der Waals surface area contributed by atoms with Gasteiger partial charge in [0.15, 0.2) is 11.6 Å². The third-order valence-corrected chi connectivity index (χ3v) is 12.1. The third kappa shape index (κ3) is 11.7. The van der Waals surface area contributed by atoms with Crippen LogP contribution < -0.4 is 9.64 Å². The van der Waals surface area contributed by atoms with Gasteiger partial charge in [-0.15, -0.1) is 11.3 Å². The van der Waals surface area contributed by atoms with Crippen molar-refractivity contribution in [3.63, 3.8) is 0 Å². The van der Waals surface area contributed by atoms with Crippen molar-refractivity contribution < 1.29 is 27.1 Å². The zero-order chi connectivity index (χ0) is 43.4. The lowest BCUT2D eigenvalue weighted by Gasteiger charge is -2.34. The number of rotatable bonds is 14. The molecule has 1 aliphatic heterocycles. The van der Waals surface area contributed by atoms with Crippen molar-refractivity contribution in [1.82, 2.24) is 14.9 Å². The summed E-state index contributed by atoms with van der Waals surface area (Å²) in [4.78, 5) is 24.0. The molecule has 1 fully saturated rings. The Balaban J connectivity index is 0.000000542. The number of hydrogen-bond donors (Lipinski definition) is 0. The summed E-state index contributed by atoms with van der Waals surface area (Å²) in [7, 11) is 3.88. The maximum absolute atomic E-state index is 17.2. The fourth-order valence-electron chi connectivity index (χ4n) is 7.13. The molecule has 2 aromatic heterocycles. The molecule has 3 heterocycles. The Kier molecular flexibility index (Phi) is 18.3. The molecule has 2 atom stereocenters. The quantitative estimate of drug-likeness (QED) is 0.0925. The van der Waals surface area contributed by atoms with Gasteiger partial charge in [0.05, 0.1) is 16.9 Å². The van der Waals surface area contributed by atoms with Crippen LogP contribution >= 0.6 is 11.3 Å². The molecule has 0 N–H and O–H groups in total. The molecule has 2 unspecified atom stereocenters. The topological polar surface area (TPSA) is 82.4 Å². The van der Waals surface area contributed by atoms with Gasteiger partial charge >= 0.3 is 6.01 Å². The fraction of sp³-hybridized carbons (Fsp3) is 0.522. The van der Waals surface area contributed by atoms with Crippen molar-refractivity contribution in [3.8, 4) is 23.2 Å². The van der Waals surface area contributed by atoms with Gasteiger partial charge in [-0.2, -0.15) is 24.0 Å². The zero-order valence-electron chi connectivity index (χ0n) is 36.2. The lowest BCUT2D eigenvalue weighted by molar-refractivity contribution is -0.112. The van der Waals surface area contributed by atoms with Crippen LogP contribution in [0.3, 0.4) is 0 Å². The molecule has 0 aliphatic carbocycles. The third-order valence-electron chi connectivity index (χ3n) is 10.6. The number of likely N-dealkylation sites (tertiary alicyclic amines) is 1. The van der Waals surface area contributed by atoms with Gasteiger partial charge in [-0.05, 0) is 93.7 Å². The zero-order valence-corrected chi connectivity index (χ0v) is 37.0. The monoisotopic (exact) mass is 823 g/mol. The maximum Gasteiger partial charge on any atom is 0.319 e. The summed E-state index contributed by atoms with van der Waals surface area (Å²) < 4.78 is 62.0. The van der Waals surface area contributed by atoms with E-state index >= 15 is 8.78 Å². The SMILES string of the molecule is C=CC(C)=O.CCCc1cc2c(N(C)C(CCC(C)CC)C(C)C)nc(OCC)nc2c(F)c1-c1ccc(F)c2sc(C(C)C)c(C#N)c12.CN1CCC(=C(F)F)C1. The normalized spacial score (nSPS) is 13.8. The van der Waals surface area contributed by atoms with E-state index in [0.29, 0.717) is 81.4 Å². The number of ketones is 1. The Morgan fingerprint density at radius 1 is 1.12 bits per heavy atom. The molecule has 0 bridgehead atoms. The molecule has 1 saturated heterocycles. The summed E-state index contributed by atoms with van der Waals surface area (Å²) in [6, 6.07) is 7.62. The van der Waals surface area contributed by atoms with Gasteiger partial charge in [-0.25, -0.2) is 8.78 Å². The number of benzene rings is 2. The Labute approximate surface area is 346 Å². The number of halogens is 4. The van der Waals surface area contributed by atoms with E-state index in [4.69, 9.17) is 9.72 Å². The Morgan fingerprint density at radius 2 is 1.79 bits per heavy atom. The molecule has 0 radical (unpaired) electrons. The average molecular weight is 824 g/mol. The van der Waals surface area contributed by atoms with Crippen molar-refractivity contribution in [2.24, 2.45) is 11.8 Å². The van der Waals surface area contributed by atoms with Crippen LogP contribution in [0.15, 0.2) is 42.5 Å². The predicted octanol–water partition coefficient (Wildman–Crippen LogP) is 12.7. The summed E-state index contributed by atoms with van der Waals surface area (Å²) >= 11 is 1.28. The maximum atomic E-state index is 17.2. The summed E-state index contributed by atoms with van der Waals surface area (Å²) in [5, 5.41) is 11.3. The number of fused-ring (bicyclic) bond motifs is 2. The number of hydrogen-bond acceptors (Lipinski definition) is 8. The molecule has 0 saturated carbocycles. The van der Waals surface area contributed by atoms with E-state index in [9.17, 15) is 18.8 Å². The second kappa shape index (κ2) is 22.1. The number of likely N-dealkylation sites (N-methyl/N-ethyl adjacent to an activating group) is 1. The summed E-state index contributed by atoms with van der Waals surface area (Å²) in [5.41, 5.74) is 2.55. The van der Waals surface area contributed by atoms with E-state index in [1.165, 1.54) is 30.4 Å². The summed E-state index contributed by atoms with van der Waals surface area (Å²) in [5.74, 6) is 0.736. The number of allylic oxidation sites excluding steroid dienone is 1. The van der Waals surface area contributed by atoms with Gasteiger partial charge in [-0.3, -0.25) is 4.79 Å².